The Bertz CT molecular complexity index is 1030. The highest BCUT2D eigenvalue weighted by Crippen LogP contribution is 2.50. The van der Waals surface area contributed by atoms with Crippen molar-refractivity contribution in [1.82, 2.24) is 10.6 Å². The van der Waals surface area contributed by atoms with Gasteiger partial charge in [0.05, 0.1) is 10.4 Å². The number of nitrogens with one attached hydrogen (secondary N) is 2. The maximum atomic E-state index is 13.6. The smallest absolute Gasteiger partial charge is 0.258 e. The number of amides is 2. The van der Waals surface area contributed by atoms with Crippen LogP contribution < -0.4 is 15.4 Å². The van der Waals surface area contributed by atoms with Crippen LogP contribution in [0.25, 0.3) is 0 Å². The Morgan fingerprint density at radius 1 is 1.06 bits per heavy atom. The number of ether oxygens (including phenoxy) is 1. The highest BCUT2D eigenvalue weighted by molar-refractivity contribution is 6.30. The maximum Gasteiger partial charge on any atom is 0.258 e. The molecule has 4 rings (SSSR count). The predicted octanol–water partition coefficient (Wildman–Crippen LogP) is 5.67. The summed E-state index contributed by atoms with van der Waals surface area (Å²) in [6.45, 7) is 0.226. The summed E-state index contributed by atoms with van der Waals surface area (Å²) in [6, 6.07) is 11.4. The number of rotatable bonds is 8. The standard InChI is InChI=1S/C26H29Cl2FN2O3/c27-19-7-5-17(6-8-19)15-30-25(33)26(18-3-1-2-4-18)12-11-20(14-26)31-24(32)16-34-21-9-10-22(28)23(29)13-21/h5-10,13,18,20H,1-4,11-12,14-16H2,(H,30,33)(H,31,32). The van der Waals surface area contributed by atoms with E-state index in [0.717, 1.165) is 50.2 Å². The largest absolute Gasteiger partial charge is 0.484 e. The van der Waals surface area contributed by atoms with Crippen molar-refractivity contribution in [3.8, 4) is 5.75 Å². The van der Waals surface area contributed by atoms with Crippen LogP contribution in [0.5, 0.6) is 5.75 Å². The lowest BCUT2D eigenvalue weighted by atomic mass is 9.72. The predicted molar refractivity (Wildman–Crippen MR) is 130 cm³/mol. The molecule has 0 spiro atoms. The molecule has 2 atom stereocenters. The third kappa shape index (κ3) is 5.84. The molecule has 2 saturated carbocycles. The lowest BCUT2D eigenvalue weighted by Gasteiger charge is -2.34. The van der Waals surface area contributed by atoms with Crippen molar-refractivity contribution in [3.63, 3.8) is 0 Å². The first-order valence-corrected chi connectivity index (χ1v) is 12.5. The minimum absolute atomic E-state index is 0.000323. The van der Waals surface area contributed by atoms with Crippen LogP contribution in [-0.4, -0.2) is 24.5 Å². The summed E-state index contributed by atoms with van der Waals surface area (Å²) in [5.41, 5.74) is 0.527. The van der Waals surface area contributed by atoms with Crippen LogP contribution in [-0.2, 0) is 16.1 Å². The number of hydrogen-bond donors (Lipinski definition) is 2. The molecule has 0 aromatic heterocycles. The summed E-state index contributed by atoms with van der Waals surface area (Å²) in [7, 11) is 0. The molecular formula is C26H29Cl2FN2O3. The van der Waals surface area contributed by atoms with E-state index in [9.17, 15) is 14.0 Å². The Hall–Kier alpha value is -2.31. The van der Waals surface area contributed by atoms with E-state index in [2.05, 4.69) is 10.6 Å². The van der Waals surface area contributed by atoms with Crippen molar-refractivity contribution in [2.75, 3.05) is 6.61 Å². The maximum absolute atomic E-state index is 13.6. The van der Waals surface area contributed by atoms with Gasteiger partial charge in [-0.15, -0.1) is 0 Å². The molecule has 0 aliphatic heterocycles. The lowest BCUT2D eigenvalue weighted by molar-refractivity contribution is -0.134. The van der Waals surface area contributed by atoms with Gasteiger partial charge in [0.15, 0.2) is 6.61 Å². The van der Waals surface area contributed by atoms with Crippen LogP contribution in [0, 0.1) is 17.2 Å². The van der Waals surface area contributed by atoms with Crippen molar-refractivity contribution in [1.29, 1.82) is 0 Å². The molecule has 2 aromatic rings. The topological polar surface area (TPSA) is 67.4 Å². The molecule has 2 aliphatic rings. The monoisotopic (exact) mass is 506 g/mol. The molecule has 2 aromatic carbocycles. The van der Waals surface area contributed by atoms with Gasteiger partial charge in [0.1, 0.15) is 11.6 Å². The molecule has 0 radical (unpaired) electrons. The van der Waals surface area contributed by atoms with Gasteiger partial charge in [-0.05, 0) is 67.9 Å². The van der Waals surface area contributed by atoms with Crippen LogP contribution in [0.4, 0.5) is 4.39 Å². The lowest BCUT2D eigenvalue weighted by Crippen LogP contribution is -2.45. The Balaban J connectivity index is 1.35. The first-order valence-electron chi connectivity index (χ1n) is 11.8. The number of carbonyl (C=O) groups excluding carboxylic acids is 2. The molecule has 34 heavy (non-hydrogen) atoms. The van der Waals surface area contributed by atoms with E-state index in [-0.39, 0.29) is 35.2 Å². The molecule has 2 amide bonds. The Kier molecular flexibility index (Phi) is 7.99. The van der Waals surface area contributed by atoms with Crippen LogP contribution in [0.15, 0.2) is 42.5 Å². The second-order valence-corrected chi connectivity index (χ2v) is 10.2. The van der Waals surface area contributed by atoms with Crippen LogP contribution in [0.3, 0.4) is 0 Å². The fourth-order valence-corrected chi connectivity index (χ4v) is 5.63. The normalized spacial score (nSPS) is 22.5. The van der Waals surface area contributed by atoms with Gasteiger partial charge in [-0.1, -0.05) is 48.2 Å². The van der Waals surface area contributed by atoms with Gasteiger partial charge < -0.3 is 15.4 Å². The minimum Gasteiger partial charge on any atom is -0.484 e. The number of halogens is 3. The molecular weight excluding hydrogens is 478 g/mol. The Labute approximate surface area is 209 Å². The Morgan fingerprint density at radius 2 is 1.79 bits per heavy atom. The summed E-state index contributed by atoms with van der Waals surface area (Å²) < 4.78 is 19.0. The molecule has 8 heteroatoms. The summed E-state index contributed by atoms with van der Waals surface area (Å²) in [5.74, 6) is -0.247. The second-order valence-electron chi connectivity index (χ2n) is 9.32. The minimum atomic E-state index is -0.596. The zero-order valence-corrected chi connectivity index (χ0v) is 20.4. The zero-order valence-electron chi connectivity index (χ0n) is 18.9. The van der Waals surface area contributed by atoms with Crippen molar-refractivity contribution in [2.24, 2.45) is 11.3 Å². The van der Waals surface area contributed by atoms with Crippen LogP contribution in [0.1, 0.15) is 50.5 Å². The van der Waals surface area contributed by atoms with Gasteiger partial charge >= 0.3 is 0 Å². The third-order valence-electron chi connectivity index (χ3n) is 7.13. The van der Waals surface area contributed by atoms with E-state index in [1.54, 1.807) is 0 Å². The van der Waals surface area contributed by atoms with E-state index < -0.39 is 11.2 Å². The average Bonchev–Trinajstić information content (AvgIpc) is 3.50. The molecule has 0 bridgehead atoms. The van der Waals surface area contributed by atoms with Crippen LogP contribution in [0.2, 0.25) is 10.0 Å². The first-order chi connectivity index (χ1) is 16.4. The van der Waals surface area contributed by atoms with Gasteiger partial charge in [0, 0.05) is 23.7 Å². The highest BCUT2D eigenvalue weighted by atomic mass is 35.5. The van der Waals surface area contributed by atoms with Gasteiger partial charge in [-0.2, -0.15) is 0 Å². The van der Waals surface area contributed by atoms with E-state index >= 15 is 0 Å². The van der Waals surface area contributed by atoms with Gasteiger partial charge in [-0.3, -0.25) is 9.59 Å². The summed E-state index contributed by atoms with van der Waals surface area (Å²) in [5, 5.41) is 6.82. The second kappa shape index (κ2) is 11.0. The van der Waals surface area contributed by atoms with Gasteiger partial charge in [0.25, 0.3) is 5.91 Å². The van der Waals surface area contributed by atoms with E-state index in [4.69, 9.17) is 27.9 Å². The quantitative estimate of drug-likeness (QED) is 0.484. The molecule has 0 heterocycles. The van der Waals surface area contributed by atoms with Crippen molar-refractivity contribution >= 4 is 35.0 Å². The fraction of sp³-hybridized carbons (Fsp3) is 0.462. The van der Waals surface area contributed by atoms with Crippen molar-refractivity contribution < 1.29 is 18.7 Å². The summed E-state index contributed by atoms with van der Waals surface area (Å²) in [4.78, 5) is 26.0. The van der Waals surface area contributed by atoms with E-state index in [0.29, 0.717) is 23.9 Å². The molecule has 0 saturated heterocycles. The molecule has 182 valence electrons. The highest BCUT2D eigenvalue weighted by Gasteiger charge is 2.51. The molecule has 2 N–H and O–H groups in total. The van der Waals surface area contributed by atoms with E-state index in [1.165, 1.54) is 12.1 Å². The fourth-order valence-electron chi connectivity index (χ4n) is 5.39. The average molecular weight is 507 g/mol. The summed E-state index contributed by atoms with van der Waals surface area (Å²) in [6.07, 6.45) is 6.47. The van der Waals surface area contributed by atoms with Gasteiger partial charge in [0.2, 0.25) is 5.91 Å². The SMILES string of the molecule is O=C(COc1ccc(Cl)c(F)c1)NC1CCC(C(=O)NCc2ccc(Cl)cc2)(C2CCCC2)C1. The molecule has 2 aliphatic carbocycles. The molecule has 5 nitrogen and oxygen atoms in total. The first kappa shape index (κ1) is 24.8. The number of carbonyl (C=O) groups is 2. The molecule has 2 unspecified atom stereocenters. The van der Waals surface area contributed by atoms with Crippen LogP contribution >= 0.6 is 23.2 Å². The van der Waals surface area contributed by atoms with E-state index in [1.807, 2.05) is 24.3 Å². The summed E-state index contributed by atoms with van der Waals surface area (Å²) >= 11 is 11.6. The number of hydrogen-bond acceptors (Lipinski definition) is 3. The Morgan fingerprint density at radius 3 is 2.50 bits per heavy atom. The third-order valence-corrected chi connectivity index (χ3v) is 7.69. The number of benzene rings is 2. The molecule has 2 fully saturated rings. The zero-order chi connectivity index (χ0) is 24.1. The van der Waals surface area contributed by atoms with Crippen molar-refractivity contribution in [2.45, 2.75) is 57.5 Å². The van der Waals surface area contributed by atoms with Gasteiger partial charge in [-0.25, -0.2) is 4.39 Å². The van der Waals surface area contributed by atoms with Crippen molar-refractivity contribution in [3.05, 3.63) is 63.9 Å².